The Morgan fingerprint density at radius 2 is 2.29 bits per heavy atom. The quantitative estimate of drug-likeness (QED) is 0.788. The average Bonchev–Trinajstić information content (AvgIpc) is 2.29. The largest absolute Gasteiger partial charge is 0.480 e. The van der Waals surface area contributed by atoms with E-state index in [4.69, 9.17) is 9.84 Å². The Morgan fingerprint density at radius 3 is 2.82 bits per heavy atom. The van der Waals surface area contributed by atoms with E-state index < -0.39 is 5.97 Å². The highest BCUT2D eigenvalue weighted by atomic mass is 32.2. The van der Waals surface area contributed by atoms with Crippen molar-refractivity contribution in [3.63, 3.8) is 0 Å². The van der Waals surface area contributed by atoms with Crippen LogP contribution in [0.2, 0.25) is 0 Å². The minimum absolute atomic E-state index is 0.171. The standard InChI is InChI=1S/C12H23NO3S/c1-4-11(12(14)15)17-8-10-7-13(9(2)3)5-6-16-10/h9-11H,4-8H2,1-3H3,(H,14,15). The van der Waals surface area contributed by atoms with Crippen molar-refractivity contribution in [3.8, 4) is 0 Å². The molecule has 1 N–H and O–H groups in total. The van der Waals surface area contributed by atoms with Gasteiger partial charge in [-0.15, -0.1) is 11.8 Å². The van der Waals surface area contributed by atoms with Crippen LogP contribution in [0.5, 0.6) is 0 Å². The van der Waals surface area contributed by atoms with Gasteiger partial charge >= 0.3 is 5.97 Å². The molecule has 4 nitrogen and oxygen atoms in total. The van der Waals surface area contributed by atoms with E-state index in [2.05, 4.69) is 18.7 Å². The van der Waals surface area contributed by atoms with Gasteiger partial charge in [0.2, 0.25) is 0 Å². The van der Waals surface area contributed by atoms with Gasteiger partial charge < -0.3 is 9.84 Å². The highest BCUT2D eigenvalue weighted by Gasteiger charge is 2.24. The smallest absolute Gasteiger partial charge is 0.316 e. The van der Waals surface area contributed by atoms with Gasteiger partial charge in [0, 0.05) is 24.9 Å². The first-order valence-electron chi connectivity index (χ1n) is 6.24. The van der Waals surface area contributed by atoms with E-state index in [1.165, 1.54) is 11.8 Å². The van der Waals surface area contributed by atoms with Crippen LogP contribution in [0.1, 0.15) is 27.2 Å². The fourth-order valence-corrected chi connectivity index (χ4v) is 2.93. The first-order valence-corrected chi connectivity index (χ1v) is 7.29. The van der Waals surface area contributed by atoms with Crippen LogP contribution in [0.25, 0.3) is 0 Å². The fraction of sp³-hybridized carbons (Fsp3) is 0.917. The number of morpholine rings is 1. The van der Waals surface area contributed by atoms with Crippen molar-refractivity contribution in [1.29, 1.82) is 0 Å². The van der Waals surface area contributed by atoms with E-state index >= 15 is 0 Å². The van der Waals surface area contributed by atoms with Crippen molar-refractivity contribution in [1.82, 2.24) is 4.90 Å². The van der Waals surface area contributed by atoms with E-state index in [1.54, 1.807) is 0 Å². The van der Waals surface area contributed by atoms with Crippen LogP contribution in [-0.4, -0.2) is 58.8 Å². The molecule has 5 heteroatoms. The second-order valence-electron chi connectivity index (χ2n) is 4.65. The van der Waals surface area contributed by atoms with Crippen molar-refractivity contribution < 1.29 is 14.6 Å². The number of carboxylic acids is 1. The summed E-state index contributed by atoms with van der Waals surface area (Å²) in [5.41, 5.74) is 0. The third kappa shape index (κ3) is 4.85. The molecule has 0 spiro atoms. The summed E-state index contributed by atoms with van der Waals surface area (Å²) in [5.74, 6) is 0.0580. The maximum Gasteiger partial charge on any atom is 0.316 e. The zero-order valence-electron chi connectivity index (χ0n) is 10.9. The van der Waals surface area contributed by atoms with Gasteiger partial charge in [-0.25, -0.2) is 0 Å². The summed E-state index contributed by atoms with van der Waals surface area (Å²) in [6.45, 7) is 8.93. The molecule has 1 aliphatic rings. The minimum Gasteiger partial charge on any atom is -0.480 e. The molecule has 2 unspecified atom stereocenters. The highest BCUT2D eigenvalue weighted by molar-refractivity contribution is 8.00. The molecule has 0 aromatic heterocycles. The minimum atomic E-state index is -0.714. The van der Waals surface area contributed by atoms with E-state index in [0.717, 1.165) is 25.4 Å². The summed E-state index contributed by atoms with van der Waals surface area (Å²) < 4.78 is 5.68. The maximum atomic E-state index is 10.9. The van der Waals surface area contributed by atoms with Gasteiger partial charge in [-0.3, -0.25) is 9.69 Å². The Morgan fingerprint density at radius 1 is 1.59 bits per heavy atom. The lowest BCUT2D eigenvalue weighted by Gasteiger charge is -2.35. The van der Waals surface area contributed by atoms with Gasteiger partial charge in [0.1, 0.15) is 5.25 Å². The Kier molecular flexibility index (Phi) is 6.30. The summed E-state index contributed by atoms with van der Waals surface area (Å²) in [6, 6.07) is 0.535. The Hall–Kier alpha value is -0.260. The van der Waals surface area contributed by atoms with Gasteiger partial charge in [-0.1, -0.05) is 6.92 Å². The molecule has 1 heterocycles. The molecular weight excluding hydrogens is 238 g/mol. The number of ether oxygens (including phenoxy) is 1. The lowest BCUT2D eigenvalue weighted by atomic mass is 10.2. The highest BCUT2D eigenvalue weighted by Crippen LogP contribution is 2.19. The van der Waals surface area contributed by atoms with Gasteiger partial charge in [-0.2, -0.15) is 0 Å². The summed E-state index contributed by atoms with van der Waals surface area (Å²) in [4.78, 5) is 13.3. The van der Waals surface area contributed by atoms with Crippen LogP contribution in [0.4, 0.5) is 0 Å². The molecule has 2 atom stereocenters. The fourth-order valence-electron chi connectivity index (χ4n) is 1.90. The Bertz CT molecular complexity index is 248. The van der Waals surface area contributed by atoms with E-state index in [0.29, 0.717) is 12.5 Å². The van der Waals surface area contributed by atoms with Crippen molar-refractivity contribution >= 4 is 17.7 Å². The monoisotopic (exact) mass is 261 g/mol. The number of hydrogen-bond acceptors (Lipinski definition) is 4. The number of nitrogens with zero attached hydrogens (tertiary/aromatic N) is 1. The third-order valence-corrected chi connectivity index (χ3v) is 4.53. The van der Waals surface area contributed by atoms with Crippen molar-refractivity contribution in [2.45, 2.75) is 44.6 Å². The van der Waals surface area contributed by atoms with Crippen LogP contribution in [-0.2, 0) is 9.53 Å². The molecule has 1 fully saturated rings. The normalized spacial score (nSPS) is 23.9. The molecule has 0 bridgehead atoms. The molecule has 0 radical (unpaired) electrons. The number of hydrogen-bond donors (Lipinski definition) is 1. The Balaban J connectivity index is 2.33. The number of thioether (sulfide) groups is 1. The van der Waals surface area contributed by atoms with Gasteiger partial charge in [-0.05, 0) is 20.3 Å². The molecule has 1 saturated heterocycles. The van der Waals surface area contributed by atoms with E-state index in [1.807, 2.05) is 6.92 Å². The topological polar surface area (TPSA) is 49.8 Å². The summed E-state index contributed by atoms with van der Waals surface area (Å²) in [7, 11) is 0. The van der Waals surface area contributed by atoms with E-state index in [9.17, 15) is 4.79 Å². The number of aliphatic carboxylic acids is 1. The third-order valence-electron chi connectivity index (χ3n) is 3.03. The molecule has 1 rings (SSSR count). The molecule has 100 valence electrons. The van der Waals surface area contributed by atoms with Gasteiger partial charge in [0.05, 0.1) is 12.7 Å². The average molecular weight is 261 g/mol. The van der Waals surface area contributed by atoms with Crippen LogP contribution in [0.3, 0.4) is 0 Å². The van der Waals surface area contributed by atoms with Crippen LogP contribution < -0.4 is 0 Å². The summed E-state index contributed by atoms with van der Waals surface area (Å²) in [5, 5.41) is 8.67. The number of rotatable bonds is 6. The zero-order chi connectivity index (χ0) is 12.8. The predicted molar refractivity (Wildman–Crippen MR) is 70.6 cm³/mol. The predicted octanol–water partition coefficient (Wildman–Crippen LogP) is 1.69. The first kappa shape index (κ1) is 14.8. The second kappa shape index (κ2) is 7.24. The van der Waals surface area contributed by atoms with Crippen LogP contribution >= 0.6 is 11.8 Å². The first-order chi connectivity index (χ1) is 8.04. The number of carboxylic acid groups (broad SMARTS) is 1. The van der Waals surface area contributed by atoms with Crippen LogP contribution in [0.15, 0.2) is 0 Å². The van der Waals surface area contributed by atoms with Crippen molar-refractivity contribution in [2.75, 3.05) is 25.4 Å². The summed E-state index contributed by atoms with van der Waals surface area (Å²) >= 11 is 1.50. The molecule has 0 aromatic carbocycles. The van der Waals surface area contributed by atoms with Crippen molar-refractivity contribution in [2.24, 2.45) is 0 Å². The Labute approximate surface area is 108 Å². The van der Waals surface area contributed by atoms with Gasteiger partial charge in [0.25, 0.3) is 0 Å². The molecule has 1 aliphatic heterocycles. The molecule has 0 amide bonds. The van der Waals surface area contributed by atoms with E-state index in [-0.39, 0.29) is 11.4 Å². The molecule has 0 saturated carbocycles. The lowest BCUT2D eigenvalue weighted by molar-refractivity contribution is -0.136. The number of carbonyl (C=O) groups is 1. The van der Waals surface area contributed by atoms with Gasteiger partial charge in [0.15, 0.2) is 0 Å². The molecule has 0 aromatic rings. The van der Waals surface area contributed by atoms with Crippen LogP contribution in [0, 0.1) is 0 Å². The maximum absolute atomic E-state index is 10.9. The zero-order valence-corrected chi connectivity index (χ0v) is 11.7. The second-order valence-corrected chi connectivity index (χ2v) is 5.89. The molecular formula is C12H23NO3S. The molecule has 0 aliphatic carbocycles. The molecule has 17 heavy (non-hydrogen) atoms. The lowest BCUT2D eigenvalue weighted by Crippen LogP contribution is -2.46. The SMILES string of the molecule is CCC(SCC1CN(C(C)C)CCO1)C(=O)O. The summed E-state index contributed by atoms with van der Waals surface area (Å²) in [6.07, 6.45) is 0.838. The van der Waals surface area contributed by atoms with Crippen molar-refractivity contribution in [3.05, 3.63) is 0 Å².